The van der Waals surface area contributed by atoms with Gasteiger partial charge in [-0.05, 0) is 36.1 Å². The van der Waals surface area contributed by atoms with Crippen LogP contribution in [0, 0.1) is 5.92 Å². The normalized spacial score (nSPS) is 18.4. The maximum Gasteiger partial charge on any atom is 0.326 e. The minimum absolute atomic E-state index is 0.0519. The van der Waals surface area contributed by atoms with Crippen molar-refractivity contribution in [1.29, 1.82) is 0 Å². The lowest BCUT2D eigenvalue weighted by atomic mass is 9.86. The quantitative estimate of drug-likeness (QED) is 0.514. The standard InChI is InChI=1S/C26H31NO7/c1-16(2)23(28)26(13-6-14-34-26)25(31)27-19(24(29)30)15-17-9-11-18(12-10-17)22-20(32-3)7-5-8-21(22)33-4/h5,7-12,16,19H,6,13-15H2,1-4H3,(H,27,31)(H,29,30)/t19-,26?/m0/s1. The molecule has 1 aliphatic heterocycles. The highest BCUT2D eigenvalue weighted by atomic mass is 16.5. The van der Waals surface area contributed by atoms with Gasteiger partial charge in [-0.15, -0.1) is 0 Å². The summed E-state index contributed by atoms with van der Waals surface area (Å²) >= 11 is 0. The first-order valence-electron chi connectivity index (χ1n) is 11.3. The maximum atomic E-state index is 13.1. The summed E-state index contributed by atoms with van der Waals surface area (Å²) in [6, 6.07) is 11.6. The number of benzene rings is 2. The zero-order chi connectivity index (χ0) is 24.9. The van der Waals surface area contributed by atoms with Crippen LogP contribution in [0.15, 0.2) is 42.5 Å². The monoisotopic (exact) mass is 469 g/mol. The van der Waals surface area contributed by atoms with Crippen molar-refractivity contribution < 1.29 is 33.7 Å². The number of ether oxygens (including phenoxy) is 3. The van der Waals surface area contributed by atoms with E-state index in [4.69, 9.17) is 14.2 Å². The Labute approximate surface area is 199 Å². The number of carbonyl (C=O) groups excluding carboxylic acids is 2. The van der Waals surface area contributed by atoms with Gasteiger partial charge in [0.05, 0.1) is 19.8 Å². The molecule has 0 radical (unpaired) electrons. The van der Waals surface area contributed by atoms with Gasteiger partial charge < -0.3 is 24.6 Å². The number of ketones is 1. The fraction of sp³-hybridized carbons (Fsp3) is 0.423. The summed E-state index contributed by atoms with van der Waals surface area (Å²) in [6.45, 7) is 3.69. The topological polar surface area (TPSA) is 111 Å². The summed E-state index contributed by atoms with van der Waals surface area (Å²) in [7, 11) is 3.16. The van der Waals surface area contributed by atoms with Crippen LogP contribution in [-0.2, 0) is 25.5 Å². The Morgan fingerprint density at radius 3 is 2.15 bits per heavy atom. The van der Waals surface area contributed by atoms with E-state index >= 15 is 0 Å². The molecule has 8 heteroatoms. The molecular formula is C26H31NO7. The molecule has 1 aliphatic rings. The number of carbonyl (C=O) groups is 3. The number of rotatable bonds is 10. The van der Waals surface area contributed by atoms with Crippen LogP contribution in [0.5, 0.6) is 11.5 Å². The number of hydrogen-bond donors (Lipinski definition) is 2. The van der Waals surface area contributed by atoms with Crippen molar-refractivity contribution in [3.63, 3.8) is 0 Å². The summed E-state index contributed by atoms with van der Waals surface area (Å²) in [5.74, 6) is -1.31. The number of nitrogens with one attached hydrogen (secondary N) is 1. The minimum atomic E-state index is -1.62. The van der Waals surface area contributed by atoms with E-state index in [0.717, 1.165) is 11.1 Å². The first kappa shape index (κ1) is 25.2. The van der Waals surface area contributed by atoms with Gasteiger partial charge >= 0.3 is 5.97 Å². The molecule has 34 heavy (non-hydrogen) atoms. The molecular weight excluding hydrogens is 438 g/mol. The highest BCUT2D eigenvalue weighted by molar-refractivity contribution is 6.11. The molecule has 2 aromatic rings. The fourth-order valence-corrected chi connectivity index (χ4v) is 4.25. The van der Waals surface area contributed by atoms with E-state index in [1.807, 2.05) is 30.3 Å². The number of aliphatic carboxylic acids is 1. The van der Waals surface area contributed by atoms with Crippen molar-refractivity contribution in [3.8, 4) is 22.6 Å². The molecule has 0 aliphatic carbocycles. The molecule has 1 saturated heterocycles. The predicted molar refractivity (Wildman–Crippen MR) is 126 cm³/mol. The van der Waals surface area contributed by atoms with Gasteiger partial charge in [0, 0.05) is 18.9 Å². The number of carboxylic acid groups (broad SMARTS) is 1. The number of methoxy groups -OCH3 is 2. The molecule has 182 valence electrons. The molecule has 1 heterocycles. The summed E-state index contributed by atoms with van der Waals surface area (Å²) in [5.41, 5.74) is 0.720. The van der Waals surface area contributed by atoms with Crippen LogP contribution in [0.1, 0.15) is 32.3 Å². The molecule has 1 fully saturated rings. The minimum Gasteiger partial charge on any atom is -0.496 e. The highest BCUT2D eigenvalue weighted by Gasteiger charge is 2.50. The van der Waals surface area contributed by atoms with Crippen LogP contribution in [0.4, 0.5) is 0 Å². The number of carboxylic acids is 1. The lowest BCUT2D eigenvalue weighted by Crippen LogP contribution is -2.57. The molecule has 2 aromatic carbocycles. The molecule has 1 amide bonds. The molecule has 0 saturated carbocycles. The predicted octanol–water partition coefficient (Wildman–Crippen LogP) is 3.26. The van der Waals surface area contributed by atoms with Gasteiger partial charge in [0.25, 0.3) is 5.91 Å². The second-order valence-corrected chi connectivity index (χ2v) is 8.60. The third kappa shape index (κ3) is 5.07. The summed E-state index contributed by atoms with van der Waals surface area (Å²) in [4.78, 5) is 37.7. The SMILES string of the molecule is COc1cccc(OC)c1-c1ccc(C[C@H](NC(=O)C2(C(=O)C(C)C)CCCO2)C(=O)O)cc1. The van der Waals surface area contributed by atoms with Gasteiger partial charge in [-0.1, -0.05) is 44.2 Å². The van der Waals surface area contributed by atoms with Crippen LogP contribution in [0.3, 0.4) is 0 Å². The average Bonchev–Trinajstić information content (AvgIpc) is 3.34. The Morgan fingerprint density at radius 2 is 1.68 bits per heavy atom. The zero-order valence-electron chi connectivity index (χ0n) is 19.9. The molecule has 1 unspecified atom stereocenters. The van der Waals surface area contributed by atoms with Gasteiger partial charge in [0.1, 0.15) is 17.5 Å². The van der Waals surface area contributed by atoms with Gasteiger partial charge in [-0.25, -0.2) is 4.79 Å². The smallest absolute Gasteiger partial charge is 0.326 e. The molecule has 0 spiro atoms. The van der Waals surface area contributed by atoms with Gasteiger partial charge in [-0.3, -0.25) is 9.59 Å². The van der Waals surface area contributed by atoms with Gasteiger partial charge in [-0.2, -0.15) is 0 Å². The molecule has 0 bridgehead atoms. The second-order valence-electron chi connectivity index (χ2n) is 8.60. The van der Waals surface area contributed by atoms with Crippen molar-refractivity contribution in [2.24, 2.45) is 5.92 Å². The van der Waals surface area contributed by atoms with Crippen LogP contribution in [-0.4, -0.2) is 55.2 Å². The van der Waals surface area contributed by atoms with Crippen LogP contribution in [0.25, 0.3) is 11.1 Å². The van der Waals surface area contributed by atoms with Crippen molar-refractivity contribution in [3.05, 3.63) is 48.0 Å². The summed E-state index contributed by atoms with van der Waals surface area (Å²) in [6.07, 6.45) is 0.867. The van der Waals surface area contributed by atoms with Crippen LogP contribution in [0.2, 0.25) is 0 Å². The lowest BCUT2D eigenvalue weighted by molar-refractivity contribution is -0.158. The molecule has 2 atom stereocenters. The summed E-state index contributed by atoms with van der Waals surface area (Å²) < 4.78 is 16.5. The molecule has 3 rings (SSSR count). The third-order valence-electron chi connectivity index (χ3n) is 6.02. The van der Waals surface area contributed by atoms with E-state index in [9.17, 15) is 19.5 Å². The van der Waals surface area contributed by atoms with Crippen LogP contribution < -0.4 is 14.8 Å². The second kappa shape index (κ2) is 10.7. The van der Waals surface area contributed by atoms with E-state index in [0.29, 0.717) is 23.5 Å². The van der Waals surface area contributed by atoms with Gasteiger partial charge in [0.2, 0.25) is 5.60 Å². The maximum absolute atomic E-state index is 13.1. The highest BCUT2D eigenvalue weighted by Crippen LogP contribution is 2.38. The van der Waals surface area contributed by atoms with Crippen molar-refractivity contribution in [2.75, 3.05) is 20.8 Å². The van der Waals surface area contributed by atoms with E-state index in [-0.39, 0.29) is 25.2 Å². The summed E-state index contributed by atoms with van der Waals surface area (Å²) in [5, 5.41) is 12.3. The Bertz CT molecular complexity index is 1020. The number of hydrogen-bond acceptors (Lipinski definition) is 6. The Balaban J connectivity index is 1.80. The van der Waals surface area contributed by atoms with Gasteiger partial charge in [0.15, 0.2) is 5.78 Å². The molecule has 8 nitrogen and oxygen atoms in total. The first-order chi connectivity index (χ1) is 16.2. The third-order valence-corrected chi connectivity index (χ3v) is 6.02. The van der Waals surface area contributed by atoms with E-state index in [1.54, 1.807) is 40.2 Å². The average molecular weight is 470 g/mol. The van der Waals surface area contributed by atoms with Crippen molar-refractivity contribution in [1.82, 2.24) is 5.32 Å². The Kier molecular flexibility index (Phi) is 7.94. The first-order valence-corrected chi connectivity index (χ1v) is 11.3. The number of amides is 1. The van der Waals surface area contributed by atoms with E-state index in [2.05, 4.69) is 5.32 Å². The largest absolute Gasteiger partial charge is 0.496 e. The lowest BCUT2D eigenvalue weighted by Gasteiger charge is -2.29. The van der Waals surface area contributed by atoms with Crippen molar-refractivity contribution >= 4 is 17.7 Å². The van der Waals surface area contributed by atoms with Crippen LogP contribution >= 0.6 is 0 Å². The Morgan fingerprint density at radius 1 is 1.06 bits per heavy atom. The Hall–Kier alpha value is -3.39. The zero-order valence-corrected chi connectivity index (χ0v) is 19.9. The van der Waals surface area contributed by atoms with Crippen molar-refractivity contribution in [2.45, 2.75) is 44.8 Å². The molecule has 2 N–H and O–H groups in total. The molecule has 0 aromatic heterocycles. The number of Topliss-reactive ketones (excluding diaryl/α,β-unsaturated/α-hetero) is 1. The fourth-order valence-electron chi connectivity index (χ4n) is 4.25. The van der Waals surface area contributed by atoms with E-state index in [1.165, 1.54) is 0 Å². The van der Waals surface area contributed by atoms with E-state index < -0.39 is 29.4 Å².